The van der Waals surface area contributed by atoms with Gasteiger partial charge in [-0.15, -0.1) is 11.8 Å². The van der Waals surface area contributed by atoms with Gasteiger partial charge in [0.05, 0.1) is 0 Å². The maximum absolute atomic E-state index is 4.81. The van der Waals surface area contributed by atoms with E-state index in [-0.39, 0.29) is 0 Å². The highest BCUT2D eigenvalue weighted by atomic mass is 32.2. The van der Waals surface area contributed by atoms with E-state index in [0.29, 0.717) is 0 Å². The molecule has 0 aliphatic carbocycles. The summed E-state index contributed by atoms with van der Waals surface area (Å²) in [5.41, 5.74) is 7.62. The van der Waals surface area contributed by atoms with Crippen LogP contribution < -0.4 is 0 Å². The SMILES string of the molecule is CCSc1c2cccc(-c3c(C)cc(C)cc3C)c2nn1C. The standard InChI is InChI=1S/C19H22N2S/c1-6-22-19-16-9-7-8-15(18(16)20-21(19)5)17-13(3)10-12(2)11-14(17)4/h7-11H,6H2,1-5H3. The van der Waals surface area contributed by atoms with Crippen LogP contribution in [0.2, 0.25) is 0 Å². The summed E-state index contributed by atoms with van der Waals surface area (Å²) in [7, 11) is 2.04. The predicted octanol–water partition coefficient (Wildman–Crippen LogP) is 5.28. The number of thioether (sulfide) groups is 1. The molecule has 0 N–H and O–H groups in total. The average molecular weight is 310 g/mol. The number of fused-ring (bicyclic) bond motifs is 1. The zero-order valence-electron chi connectivity index (χ0n) is 13.9. The number of benzene rings is 2. The van der Waals surface area contributed by atoms with Gasteiger partial charge in [-0.25, -0.2) is 0 Å². The molecule has 2 aromatic carbocycles. The van der Waals surface area contributed by atoms with Crippen molar-refractivity contribution in [3.63, 3.8) is 0 Å². The number of aromatic nitrogens is 2. The molecule has 0 aliphatic rings. The van der Waals surface area contributed by atoms with Crippen molar-refractivity contribution in [1.82, 2.24) is 9.78 Å². The minimum atomic E-state index is 1.06. The number of rotatable bonds is 3. The molecule has 0 spiro atoms. The van der Waals surface area contributed by atoms with Crippen molar-refractivity contribution in [3.05, 3.63) is 47.0 Å². The van der Waals surface area contributed by atoms with E-state index in [2.05, 4.69) is 58.0 Å². The van der Waals surface area contributed by atoms with Gasteiger partial charge in [0, 0.05) is 18.0 Å². The van der Waals surface area contributed by atoms with Gasteiger partial charge < -0.3 is 0 Å². The van der Waals surface area contributed by atoms with Crippen molar-refractivity contribution in [2.75, 3.05) is 5.75 Å². The molecule has 0 bridgehead atoms. The minimum absolute atomic E-state index is 1.06. The summed E-state index contributed by atoms with van der Waals surface area (Å²) in [4.78, 5) is 0. The Morgan fingerprint density at radius 1 is 1.09 bits per heavy atom. The molecular weight excluding hydrogens is 288 g/mol. The fourth-order valence-corrected chi connectivity index (χ4v) is 4.13. The molecule has 0 saturated carbocycles. The van der Waals surface area contributed by atoms with Crippen molar-refractivity contribution >= 4 is 22.7 Å². The fourth-order valence-electron chi connectivity index (χ4n) is 3.31. The van der Waals surface area contributed by atoms with Crippen LogP contribution in [-0.4, -0.2) is 15.5 Å². The van der Waals surface area contributed by atoms with Crippen LogP contribution in [0, 0.1) is 20.8 Å². The minimum Gasteiger partial charge on any atom is -0.261 e. The van der Waals surface area contributed by atoms with Crippen LogP contribution in [0.3, 0.4) is 0 Å². The van der Waals surface area contributed by atoms with Crippen LogP contribution in [0.15, 0.2) is 35.4 Å². The number of aryl methyl sites for hydroxylation is 4. The van der Waals surface area contributed by atoms with E-state index < -0.39 is 0 Å². The summed E-state index contributed by atoms with van der Waals surface area (Å²) in [5, 5.41) is 7.32. The molecule has 2 nitrogen and oxygen atoms in total. The van der Waals surface area contributed by atoms with Crippen LogP contribution in [0.4, 0.5) is 0 Å². The normalized spacial score (nSPS) is 11.3. The van der Waals surface area contributed by atoms with Crippen LogP contribution in [0.25, 0.3) is 22.0 Å². The lowest BCUT2D eigenvalue weighted by Gasteiger charge is -2.12. The molecule has 22 heavy (non-hydrogen) atoms. The van der Waals surface area contributed by atoms with Gasteiger partial charge in [0.25, 0.3) is 0 Å². The van der Waals surface area contributed by atoms with E-state index in [9.17, 15) is 0 Å². The molecule has 1 heterocycles. The molecule has 0 aliphatic heterocycles. The lowest BCUT2D eigenvalue weighted by Crippen LogP contribution is -1.93. The summed E-state index contributed by atoms with van der Waals surface area (Å²) >= 11 is 1.85. The molecule has 1 aromatic heterocycles. The Morgan fingerprint density at radius 2 is 1.77 bits per heavy atom. The maximum atomic E-state index is 4.81. The Hall–Kier alpha value is -1.74. The zero-order chi connectivity index (χ0) is 15.9. The molecule has 0 atom stereocenters. The first-order valence-corrected chi connectivity index (χ1v) is 8.68. The first-order chi connectivity index (χ1) is 10.5. The Labute approximate surface area is 136 Å². The predicted molar refractivity (Wildman–Crippen MR) is 96.8 cm³/mol. The van der Waals surface area contributed by atoms with E-state index in [4.69, 9.17) is 5.10 Å². The molecule has 3 heteroatoms. The molecule has 0 fully saturated rings. The second kappa shape index (κ2) is 5.81. The van der Waals surface area contributed by atoms with Crippen LogP contribution in [-0.2, 0) is 7.05 Å². The largest absolute Gasteiger partial charge is 0.261 e. The second-order valence-corrected chi connectivity index (χ2v) is 7.09. The van der Waals surface area contributed by atoms with Crippen molar-refractivity contribution in [3.8, 4) is 11.1 Å². The van der Waals surface area contributed by atoms with Crippen LogP contribution >= 0.6 is 11.8 Å². The van der Waals surface area contributed by atoms with Crippen molar-refractivity contribution in [1.29, 1.82) is 0 Å². The van der Waals surface area contributed by atoms with E-state index in [0.717, 1.165) is 11.3 Å². The quantitative estimate of drug-likeness (QED) is 0.613. The third-order valence-electron chi connectivity index (χ3n) is 4.04. The number of hydrogen-bond acceptors (Lipinski definition) is 2. The van der Waals surface area contributed by atoms with Gasteiger partial charge in [0.1, 0.15) is 10.5 Å². The molecular formula is C19H22N2S. The summed E-state index contributed by atoms with van der Waals surface area (Å²) in [5.74, 6) is 1.06. The molecule has 0 radical (unpaired) electrons. The van der Waals surface area contributed by atoms with Crippen LogP contribution in [0.1, 0.15) is 23.6 Å². The number of hydrogen-bond donors (Lipinski definition) is 0. The first kappa shape index (κ1) is 15.2. The first-order valence-electron chi connectivity index (χ1n) is 7.69. The highest BCUT2D eigenvalue weighted by Crippen LogP contribution is 2.36. The average Bonchev–Trinajstić information content (AvgIpc) is 2.76. The van der Waals surface area contributed by atoms with E-state index in [1.54, 1.807) is 0 Å². The van der Waals surface area contributed by atoms with Gasteiger partial charge in [-0.3, -0.25) is 4.68 Å². The fraction of sp³-hybridized carbons (Fsp3) is 0.316. The van der Waals surface area contributed by atoms with Crippen molar-refractivity contribution in [2.45, 2.75) is 32.7 Å². The van der Waals surface area contributed by atoms with Crippen LogP contribution in [0.5, 0.6) is 0 Å². The highest BCUT2D eigenvalue weighted by Gasteiger charge is 2.15. The van der Waals surface area contributed by atoms with E-state index in [1.165, 1.54) is 38.2 Å². The molecule has 3 aromatic rings. The zero-order valence-corrected chi connectivity index (χ0v) is 14.7. The van der Waals surface area contributed by atoms with E-state index in [1.807, 2.05) is 23.5 Å². The topological polar surface area (TPSA) is 17.8 Å². The second-order valence-electron chi connectivity index (χ2n) is 5.84. The summed E-state index contributed by atoms with van der Waals surface area (Å²) < 4.78 is 2.02. The third kappa shape index (κ3) is 2.44. The summed E-state index contributed by atoms with van der Waals surface area (Å²) in [6.07, 6.45) is 0. The lowest BCUT2D eigenvalue weighted by atomic mass is 9.93. The van der Waals surface area contributed by atoms with Gasteiger partial charge in [-0.05, 0) is 49.3 Å². The van der Waals surface area contributed by atoms with Gasteiger partial charge in [-0.1, -0.05) is 36.8 Å². The Morgan fingerprint density at radius 3 is 2.41 bits per heavy atom. The lowest BCUT2D eigenvalue weighted by molar-refractivity contribution is 0.710. The van der Waals surface area contributed by atoms with Crippen molar-refractivity contribution < 1.29 is 0 Å². The smallest absolute Gasteiger partial charge is 0.102 e. The molecule has 0 unspecified atom stereocenters. The molecule has 3 rings (SSSR count). The third-order valence-corrected chi connectivity index (χ3v) is 5.08. The Bertz CT molecular complexity index is 823. The Kier molecular flexibility index (Phi) is 4.00. The molecule has 0 saturated heterocycles. The summed E-state index contributed by atoms with van der Waals surface area (Å²) in [6, 6.07) is 11.0. The van der Waals surface area contributed by atoms with Gasteiger partial charge >= 0.3 is 0 Å². The molecule has 0 amide bonds. The van der Waals surface area contributed by atoms with Gasteiger partial charge in [-0.2, -0.15) is 5.10 Å². The Balaban J connectivity index is 2.31. The monoisotopic (exact) mass is 310 g/mol. The maximum Gasteiger partial charge on any atom is 0.102 e. The highest BCUT2D eigenvalue weighted by molar-refractivity contribution is 7.99. The van der Waals surface area contributed by atoms with Gasteiger partial charge in [0.2, 0.25) is 0 Å². The number of nitrogens with zero attached hydrogens (tertiary/aromatic N) is 2. The van der Waals surface area contributed by atoms with Crippen molar-refractivity contribution in [2.24, 2.45) is 7.05 Å². The summed E-state index contributed by atoms with van der Waals surface area (Å²) in [6.45, 7) is 8.72. The van der Waals surface area contributed by atoms with E-state index >= 15 is 0 Å². The molecule has 114 valence electrons. The van der Waals surface area contributed by atoms with Gasteiger partial charge in [0.15, 0.2) is 0 Å².